The molecule has 0 spiro atoms. The number of benzene rings is 2. The van der Waals surface area contributed by atoms with Gasteiger partial charge >= 0.3 is 0 Å². The first-order chi connectivity index (χ1) is 17.0. The highest BCUT2D eigenvalue weighted by molar-refractivity contribution is 7.92. The number of sulfonamides is 1. The van der Waals surface area contributed by atoms with E-state index in [4.69, 9.17) is 27.9 Å². The number of nitrogens with one attached hydrogen (secondary N) is 1. The summed E-state index contributed by atoms with van der Waals surface area (Å²) >= 11 is 12.3. The zero-order valence-electron chi connectivity index (χ0n) is 21.0. The van der Waals surface area contributed by atoms with E-state index in [-0.39, 0.29) is 37.7 Å². The first-order valence-corrected chi connectivity index (χ1v) is 14.3. The lowest BCUT2D eigenvalue weighted by Crippen LogP contribution is -2.48. The summed E-state index contributed by atoms with van der Waals surface area (Å²) in [6, 6.07) is 11.0. The zero-order chi connectivity index (χ0) is 26.9. The lowest BCUT2D eigenvalue weighted by atomic mass is 10.1. The Morgan fingerprint density at radius 3 is 2.28 bits per heavy atom. The number of amides is 2. The number of likely N-dealkylation sites (N-methyl/N-ethyl adjacent to an activating group) is 1. The average Bonchev–Trinajstić information content (AvgIpc) is 2.82. The number of carbonyl (C=O) groups excluding carboxylic acids is 2. The lowest BCUT2D eigenvalue weighted by molar-refractivity contribution is -0.141. The molecule has 1 atom stereocenters. The fourth-order valence-corrected chi connectivity index (χ4v) is 5.23. The van der Waals surface area contributed by atoms with E-state index in [1.165, 1.54) is 16.3 Å². The Balaban J connectivity index is 2.20. The molecule has 0 saturated heterocycles. The summed E-state index contributed by atoms with van der Waals surface area (Å²) in [6.45, 7) is 4.41. The highest BCUT2D eigenvalue weighted by Crippen LogP contribution is 2.25. The van der Waals surface area contributed by atoms with Crippen LogP contribution < -0.4 is 14.4 Å². The molecular formula is C25H33Cl2N3O5S. The average molecular weight is 559 g/mol. The SMILES string of the molecule is CCOc1ccc(N(CCCC(=O)N(Cc2ccc(Cl)cc2Cl)[C@H](CC)C(=O)NC)S(C)(=O)=O)cc1. The molecule has 0 fully saturated rings. The number of carbonyl (C=O) groups is 2. The monoisotopic (exact) mass is 557 g/mol. The fraction of sp³-hybridized carbons (Fsp3) is 0.440. The van der Waals surface area contributed by atoms with Crippen LogP contribution in [0.15, 0.2) is 42.5 Å². The first kappa shape index (κ1) is 29.7. The van der Waals surface area contributed by atoms with E-state index in [2.05, 4.69) is 5.32 Å². The Morgan fingerprint density at radius 1 is 1.08 bits per heavy atom. The van der Waals surface area contributed by atoms with Crippen molar-refractivity contribution in [2.24, 2.45) is 0 Å². The van der Waals surface area contributed by atoms with Gasteiger partial charge in [0.15, 0.2) is 0 Å². The highest BCUT2D eigenvalue weighted by Gasteiger charge is 2.28. The van der Waals surface area contributed by atoms with E-state index < -0.39 is 16.1 Å². The molecular weight excluding hydrogens is 525 g/mol. The molecule has 0 aromatic heterocycles. The van der Waals surface area contributed by atoms with Crippen LogP contribution in [0.25, 0.3) is 0 Å². The molecule has 2 aromatic carbocycles. The highest BCUT2D eigenvalue weighted by atomic mass is 35.5. The molecule has 36 heavy (non-hydrogen) atoms. The molecule has 0 heterocycles. The maximum Gasteiger partial charge on any atom is 0.242 e. The van der Waals surface area contributed by atoms with Gasteiger partial charge in [-0.15, -0.1) is 0 Å². The third-order valence-corrected chi connectivity index (χ3v) is 7.36. The third kappa shape index (κ3) is 8.28. The van der Waals surface area contributed by atoms with E-state index in [9.17, 15) is 18.0 Å². The Bertz CT molecular complexity index is 1140. The second-order valence-electron chi connectivity index (χ2n) is 8.16. The van der Waals surface area contributed by atoms with Crippen LogP contribution >= 0.6 is 23.2 Å². The van der Waals surface area contributed by atoms with E-state index in [1.807, 2.05) is 13.8 Å². The van der Waals surface area contributed by atoms with Gasteiger partial charge in [-0.1, -0.05) is 36.2 Å². The van der Waals surface area contributed by atoms with Gasteiger partial charge in [-0.05, 0) is 61.7 Å². The molecule has 2 rings (SSSR count). The van der Waals surface area contributed by atoms with Crippen LogP contribution in [0.5, 0.6) is 5.75 Å². The van der Waals surface area contributed by atoms with Crippen molar-refractivity contribution in [2.45, 2.75) is 45.7 Å². The van der Waals surface area contributed by atoms with Crippen LogP contribution in [-0.2, 0) is 26.2 Å². The molecule has 11 heteroatoms. The standard InChI is InChI=1S/C25H33Cl2N3O5S/c1-5-23(25(32)28-3)29(17-18-9-10-19(26)16-22(18)27)24(31)8-7-15-30(36(4,33)34)20-11-13-21(14-12-20)35-6-2/h9-14,16,23H,5-8,15,17H2,1-4H3,(H,28,32)/t23-/m1/s1. The minimum Gasteiger partial charge on any atom is -0.494 e. The minimum absolute atomic E-state index is 0.0434. The molecule has 0 aliphatic heterocycles. The van der Waals surface area contributed by atoms with Crippen LogP contribution in [0, 0.1) is 0 Å². The van der Waals surface area contributed by atoms with Crippen molar-refractivity contribution in [3.05, 3.63) is 58.1 Å². The van der Waals surface area contributed by atoms with Crippen molar-refractivity contribution < 1.29 is 22.7 Å². The molecule has 0 saturated carbocycles. The largest absolute Gasteiger partial charge is 0.494 e. The van der Waals surface area contributed by atoms with Gasteiger partial charge in [0.1, 0.15) is 11.8 Å². The van der Waals surface area contributed by atoms with E-state index in [0.29, 0.717) is 40.1 Å². The van der Waals surface area contributed by atoms with Gasteiger partial charge in [-0.2, -0.15) is 0 Å². The summed E-state index contributed by atoms with van der Waals surface area (Å²) in [7, 11) is -2.07. The van der Waals surface area contributed by atoms with E-state index in [1.54, 1.807) is 42.5 Å². The number of halogens is 2. The van der Waals surface area contributed by atoms with Crippen molar-refractivity contribution >= 4 is 50.7 Å². The number of nitrogens with zero attached hydrogens (tertiary/aromatic N) is 2. The van der Waals surface area contributed by atoms with Crippen LogP contribution in [0.4, 0.5) is 5.69 Å². The summed E-state index contributed by atoms with van der Waals surface area (Å²) in [5, 5.41) is 3.47. The predicted molar refractivity (Wildman–Crippen MR) is 144 cm³/mol. The maximum absolute atomic E-state index is 13.3. The lowest BCUT2D eigenvalue weighted by Gasteiger charge is -2.31. The molecule has 2 amide bonds. The number of ether oxygens (including phenoxy) is 1. The van der Waals surface area contributed by atoms with Gasteiger partial charge in [-0.25, -0.2) is 8.42 Å². The van der Waals surface area contributed by atoms with Crippen LogP contribution in [0.1, 0.15) is 38.7 Å². The smallest absolute Gasteiger partial charge is 0.242 e. The predicted octanol–water partition coefficient (Wildman–Crippen LogP) is 4.49. The molecule has 1 N–H and O–H groups in total. The first-order valence-electron chi connectivity index (χ1n) is 11.7. The normalized spacial score (nSPS) is 12.1. The zero-order valence-corrected chi connectivity index (χ0v) is 23.3. The molecule has 0 unspecified atom stereocenters. The number of anilines is 1. The quantitative estimate of drug-likeness (QED) is 0.391. The van der Waals surface area contributed by atoms with Gasteiger partial charge in [0.25, 0.3) is 0 Å². The second-order valence-corrected chi connectivity index (χ2v) is 10.9. The van der Waals surface area contributed by atoms with Gasteiger partial charge in [0.05, 0.1) is 18.6 Å². The third-order valence-electron chi connectivity index (χ3n) is 5.58. The van der Waals surface area contributed by atoms with Crippen molar-refractivity contribution in [3.8, 4) is 5.75 Å². The Labute approximate surface area is 223 Å². The van der Waals surface area contributed by atoms with E-state index >= 15 is 0 Å². The molecule has 198 valence electrons. The fourth-order valence-electron chi connectivity index (χ4n) is 3.80. The van der Waals surface area contributed by atoms with Crippen LogP contribution in [0.3, 0.4) is 0 Å². The molecule has 2 aromatic rings. The summed E-state index contributed by atoms with van der Waals surface area (Å²) < 4.78 is 31.6. The van der Waals surface area contributed by atoms with Crippen molar-refractivity contribution in [1.29, 1.82) is 0 Å². The van der Waals surface area contributed by atoms with Gasteiger partial charge < -0.3 is 15.0 Å². The Morgan fingerprint density at radius 2 is 1.75 bits per heavy atom. The maximum atomic E-state index is 13.3. The summed E-state index contributed by atoms with van der Waals surface area (Å²) in [5.41, 5.74) is 1.14. The van der Waals surface area contributed by atoms with Gasteiger partial charge in [-0.3, -0.25) is 13.9 Å². The summed E-state index contributed by atoms with van der Waals surface area (Å²) in [6.07, 6.45) is 1.83. The molecule has 8 nitrogen and oxygen atoms in total. The number of hydrogen-bond acceptors (Lipinski definition) is 5. The molecule has 0 radical (unpaired) electrons. The van der Waals surface area contributed by atoms with Crippen molar-refractivity contribution in [2.75, 3.05) is 30.8 Å². The summed E-state index contributed by atoms with van der Waals surface area (Å²) in [5.74, 6) is 0.0703. The molecule has 0 aliphatic rings. The topological polar surface area (TPSA) is 96.0 Å². The Kier molecular flexibility index (Phi) is 11.3. The number of rotatable bonds is 13. The van der Waals surface area contributed by atoms with Crippen LogP contribution in [0.2, 0.25) is 10.0 Å². The molecule has 0 aliphatic carbocycles. The Hall–Kier alpha value is -2.49. The van der Waals surface area contributed by atoms with Gasteiger partial charge in [0.2, 0.25) is 21.8 Å². The minimum atomic E-state index is -3.58. The number of hydrogen-bond donors (Lipinski definition) is 1. The van der Waals surface area contributed by atoms with Crippen molar-refractivity contribution in [1.82, 2.24) is 10.2 Å². The van der Waals surface area contributed by atoms with E-state index in [0.717, 1.165) is 6.26 Å². The molecule has 0 bridgehead atoms. The van der Waals surface area contributed by atoms with Crippen LogP contribution in [-0.4, -0.2) is 57.6 Å². The summed E-state index contributed by atoms with van der Waals surface area (Å²) in [4.78, 5) is 27.3. The van der Waals surface area contributed by atoms with Crippen molar-refractivity contribution in [3.63, 3.8) is 0 Å². The second kappa shape index (κ2) is 13.7. The van der Waals surface area contributed by atoms with Gasteiger partial charge in [0, 0.05) is 36.6 Å².